The van der Waals surface area contributed by atoms with Crippen molar-refractivity contribution in [2.24, 2.45) is 9.98 Å². The zero-order valence-corrected chi connectivity index (χ0v) is 27.5. The number of nitrogens with one attached hydrogen (secondary N) is 1. The number of allylic oxidation sites excluding steroid dienone is 5. The van der Waals surface area contributed by atoms with Gasteiger partial charge in [0.15, 0.2) is 0 Å². The molecule has 0 saturated carbocycles. The summed E-state index contributed by atoms with van der Waals surface area (Å²) in [6.45, 7) is 19.9. The summed E-state index contributed by atoms with van der Waals surface area (Å²) in [7, 11) is 0. The van der Waals surface area contributed by atoms with Gasteiger partial charge in [-0.1, -0.05) is 47.3 Å². The maximum Gasteiger partial charge on any atom is 0.329 e. The normalized spacial score (nSPS) is 12.9. The molecule has 0 unspecified atom stereocenters. The van der Waals surface area contributed by atoms with E-state index in [4.69, 9.17) is 36.4 Å². The van der Waals surface area contributed by atoms with Crippen LogP contribution < -0.4 is 10.2 Å². The highest BCUT2D eigenvalue weighted by molar-refractivity contribution is 6.19. The van der Waals surface area contributed by atoms with Gasteiger partial charge in [0, 0.05) is 66.2 Å². The molecule has 0 aliphatic heterocycles. The quantitative estimate of drug-likeness (QED) is 0.0549. The third-order valence-electron chi connectivity index (χ3n) is 5.83. The highest BCUT2D eigenvalue weighted by Gasteiger charge is 2.10. The number of halogens is 1. The van der Waals surface area contributed by atoms with E-state index in [1.54, 1.807) is 6.08 Å². The van der Waals surface area contributed by atoms with Crippen molar-refractivity contribution in [1.29, 1.82) is 0 Å². The van der Waals surface area contributed by atoms with E-state index in [0.717, 1.165) is 85.1 Å². The molecule has 0 amide bonds. The lowest BCUT2D eigenvalue weighted by atomic mass is 10.1. The molecule has 1 aromatic rings. The van der Waals surface area contributed by atoms with E-state index in [1.165, 1.54) is 0 Å². The number of aliphatic carboxylic acids is 1. The summed E-state index contributed by atoms with van der Waals surface area (Å²) >= 11 is 5.88. The van der Waals surface area contributed by atoms with Gasteiger partial charge in [0.2, 0.25) is 0 Å². The number of alkyl halides is 1. The monoisotopic (exact) mass is 601 g/mol. The van der Waals surface area contributed by atoms with E-state index in [-0.39, 0.29) is 6.61 Å². The Kier molecular flexibility index (Phi) is 22.5. The van der Waals surface area contributed by atoms with Crippen molar-refractivity contribution in [1.82, 2.24) is 10.3 Å². The average molecular weight is 602 g/mol. The third-order valence-corrected chi connectivity index (χ3v) is 5.99. The lowest BCUT2D eigenvalue weighted by molar-refractivity contribution is -0.142. The number of rotatable bonds is 19. The molecule has 1 heterocycles. The highest BCUT2D eigenvalue weighted by atomic mass is 35.5. The number of pyridine rings is 1. The Hall–Kier alpha value is -3.23. The minimum Gasteiger partial charge on any atom is -0.480 e. The molecule has 1 rings (SSSR count). The van der Waals surface area contributed by atoms with Crippen LogP contribution in [0.1, 0.15) is 86.1 Å². The van der Waals surface area contributed by atoms with Crippen LogP contribution in [0, 0.1) is 0 Å². The molecular weight excluding hydrogens is 550 g/mol. The molecule has 0 bridgehead atoms. The number of aromatic nitrogens is 1. The van der Waals surface area contributed by atoms with Gasteiger partial charge in [0.25, 0.3) is 0 Å². The number of carboxylic acid groups (broad SMARTS) is 1. The van der Waals surface area contributed by atoms with Crippen LogP contribution in [0.25, 0.3) is 0 Å². The molecule has 8 nitrogen and oxygen atoms in total. The number of anilines is 1. The molecular formula is C33H52ClN5O3. The van der Waals surface area contributed by atoms with Crippen molar-refractivity contribution in [3.63, 3.8) is 0 Å². The van der Waals surface area contributed by atoms with Gasteiger partial charge in [0.1, 0.15) is 18.3 Å². The van der Waals surface area contributed by atoms with Crippen LogP contribution in [-0.4, -0.2) is 59.8 Å². The van der Waals surface area contributed by atoms with Crippen molar-refractivity contribution in [3.05, 3.63) is 71.9 Å². The van der Waals surface area contributed by atoms with Crippen LogP contribution in [0.3, 0.4) is 0 Å². The fourth-order valence-electron chi connectivity index (χ4n) is 3.79. The van der Waals surface area contributed by atoms with Gasteiger partial charge in [-0.05, 0) is 70.2 Å². The summed E-state index contributed by atoms with van der Waals surface area (Å²) in [5, 5.41) is 12.1. The van der Waals surface area contributed by atoms with Crippen LogP contribution in [0.2, 0.25) is 0 Å². The Labute approximate surface area is 259 Å². The van der Waals surface area contributed by atoms with Crippen LogP contribution in [0.15, 0.2) is 76.3 Å². The predicted octanol–water partition coefficient (Wildman–Crippen LogP) is 7.92. The predicted molar refractivity (Wildman–Crippen MR) is 180 cm³/mol. The van der Waals surface area contributed by atoms with Crippen LogP contribution in [-0.2, 0) is 9.53 Å². The zero-order valence-electron chi connectivity index (χ0n) is 26.8. The number of carboxylic acids is 1. The summed E-state index contributed by atoms with van der Waals surface area (Å²) in [6, 6.07) is 4.11. The molecule has 0 spiro atoms. The molecule has 0 atom stereocenters. The SMILES string of the molecule is C=C/C=C(\C)NC(=N\C(C)=C\CCl)/C(=C/N=C(CC)c1ccc(N(CCC)CCCCOCC(=O)O)nc1)CC.CC. The van der Waals surface area contributed by atoms with E-state index in [2.05, 4.69) is 43.6 Å². The number of aliphatic imine (C=N–C) groups is 2. The fourth-order valence-corrected chi connectivity index (χ4v) is 4.01. The smallest absolute Gasteiger partial charge is 0.329 e. The van der Waals surface area contributed by atoms with Gasteiger partial charge >= 0.3 is 5.97 Å². The number of amidine groups is 1. The summed E-state index contributed by atoms with van der Waals surface area (Å²) in [4.78, 5) is 27.2. The van der Waals surface area contributed by atoms with Crippen molar-refractivity contribution < 1.29 is 14.6 Å². The Balaban J connectivity index is 0.00000821. The molecule has 0 aliphatic rings. The van der Waals surface area contributed by atoms with Crippen molar-refractivity contribution in [2.45, 2.75) is 80.6 Å². The second-order valence-electron chi connectivity index (χ2n) is 9.15. The molecule has 2 N–H and O–H groups in total. The molecule has 0 aliphatic carbocycles. The van der Waals surface area contributed by atoms with Crippen molar-refractivity contribution in [3.8, 4) is 0 Å². The molecule has 0 radical (unpaired) electrons. The van der Waals surface area contributed by atoms with Gasteiger partial charge in [-0.15, -0.1) is 11.6 Å². The second-order valence-corrected chi connectivity index (χ2v) is 9.46. The molecule has 234 valence electrons. The Morgan fingerprint density at radius 3 is 2.45 bits per heavy atom. The highest BCUT2D eigenvalue weighted by Crippen LogP contribution is 2.16. The fraction of sp³-hybridized carbons (Fsp3) is 0.515. The Morgan fingerprint density at radius 2 is 1.90 bits per heavy atom. The first-order valence-electron chi connectivity index (χ1n) is 14.9. The number of hydrogen-bond acceptors (Lipinski definition) is 6. The Bertz CT molecular complexity index is 1080. The lowest BCUT2D eigenvalue weighted by Crippen LogP contribution is -2.26. The number of ether oxygens (including phenoxy) is 1. The van der Waals surface area contributed by atoms with Crippen LogP contribution in [0.5, 0.6) is 0 Å². The second kappa shape index (κ2) is 24.4. The topological polar surface area (TPSA) is 99.4 Å². The van der Waals surface area contributed by atoms with Gasteiger partial charge in [-0.2, -0.15) is 0 Å². The molecule has 9 heteroatoms. The van der Waals surface area contributed by atoms with Crippen LogP contribution in [0.4, 0.5) is 5.82 Å². The molecule has 1 aromatic heterocycles. The van der Waals surface area contributed by atoms with Crippen LogP contribution >= 0.6 is 11.6 Å². The van der Waals surface area contributed by atoms with Crippen molar-refractivity contribution >= 4 is 34.9 Å². The summed E-state index contributed by atoms with van der Waals surface area (Å²) in [6.07, 6.45) is 13.5. The summed E-state index contributed by atoms with van der Waals surface area (Å²) in [5.41, 5.74) is 4.64. The van der Waals surface area contributed by atoms with Crippen molar-refractivity contribution in [2.75, 3.05) is 37.1 Å². The van der Waals surface area contributed by atoms with E-state index in [0.29, 0.717) is 12.5 Å². The maximum absolute atomic E-state index is 10.6. The first kappa shape index (κ1) is 38.8. The standard InChI is InChI=1S/C31H46ClN5O3.C2H6/c1-7-13-24(5)35-31(36-25(6)16-17-32)26(9-3)21-33-28(10-4)27-14-15-29(34-22-27)37(18-8-2)19-11-12-20-40-23-30(38)39;1-2/h7,13-16,21-22H,1,8-12,17-20,23H2,2-6H3,(H,35,36)(H,38,39);1-2H3/b24-13+,25-16+,26-21+,33-28?;. The number of unbranched alkanes of at least 4 members (excludes halogenated alkanes) is 1. The zero-order chi connectivity index (χ0) is 31.8. The van der Waals surface area contributed by atoms with E-state index in [9.17, 15) is 4.79 Å². The molecule has 0 aromatic carbocycles. The summed E-state index contributed by atoms with van der Waals surface area (Å²) < 4.78 is 5.14. The first-order valence-corrected chi connectivity index (χ1v) is 15.5. The molecule has 0 fully saturated rings. The third kappa shape index (κ3) is 16.3. The molecule has 42 heavy (non-hydrogen) atoms. The van der Waals surface area contributed by atoms with E-state index < -0.39 is 5.97 Å². The first-order chi connectivity index (χ1) is 20.3. The maximum atomic E-state index is 10.6. The van der Waals surface area contributed by atoms with Gasteiger partial charge < -0.3 is 20.1 Å². The summed E-state index contributed by atoms with van der Waals surface area (Å²) in [5.74, 6) is 1.10. The van der Waals surface area contributed by atoms with Gasteiger partial charge in [-0.25, -0.2) is 14.8 Å². The van der Waals surface area contributed by atoms with Gasteiger partial charge in [-0.3, -0.25) is 4.99 Å². The minimum atomic E-state index is -0.941. The van der Waals surface area contributed by atoms with E-state index in [1.807, 2.05) is 58.3 Å². The Morgan fingerprint density at radius 1 is 1.17 bits per heavy atom. The molecule has 0 saturated heterocycles. The number of hydrogen-bond donors (Lipinski definition) is 2. The minimum absolute atomic E-state index is 0.251. The number of carbonyl (C=O) groups is 1. The largest absolute Gasteiger partial charge is 0.480 e. The lowest BCUT2D eigenvalue weighted by Gasteiger charge is -2.23. The number of nitrogens with zero attached hydrogens (tertiary/aromatic N) is 4. The van der Waals surface area contributed by atoms with Gasteiger partial charge in [0.05, 0.1) is 0 Å². The average Bonchev–Trinajstić information content (AvgIpc) is 2.97. The van der Waals surface area contributed by atoms with E-state index >= 15 is 0 Å².